The number of esters is 1. The molecule has 1 heterocycles. The van der Waals surface area contributed by atoms with Gasteiger partial charge in [-0.25, -0.2) is 0 Å². The molecule has 3 rings (SSSR count). The Bertz CT molecular complexity index is 477. The average Bonchev–Trinajstić information content (AvgIpc) is 2.39. The standard InChI is InChI=1S/C13H13NO3/c1-8(15)17-13-7-3-2-4-9-5-6-10(13)14-12(16)11(9)13/h2-7,9-11H,1H3,(H,14,16)/t9-,10+,11+,13-/m0/s1. The van der Waals surface area contributed by atoms with Gasteiger partial charge < -0.3 is 10.1 Å². The van der Waals surface area contributed by atoms with Crippen LogP contribution in [0.5, 0.6) is 0 Å². The van der Waals surface area contributed by atoms with E-state index in [-0.39, 0.29) is 29.8 Å². The van der Waals surface area contributed by atoms with Gasteiger partial charge in [-0.1, -0.05) is 30.4 Å². The molecule has 2 aliphatic carbocycles. The quantitative estimate of drug-likeness (QED) is 0.534. The lowest BCUT2D eigenvalue weighted by molar-refractivity contribution is -0.157. The smallest absolute Gasteiger partial charge is 0.303 e. The van der Waals surface area contributed by atoms with Gasteiger partial charge in [0.2, 0.25) is 5.91 Å². The van der Waals surface area contributed by atoms with Gasteiger partial charge in [-0.05, 0) is 6.08 Å². The van der Waals surface area contributed by atoms with Crippen LogP contribution in [-0.4, -0.2) is 23.5 Å². The summed E-state index contributed by atoms with van der Waals surface area (Å²) in [6.45, 7) is 1.37. The Labute approximate surface area is 99.0 Å². The first kappa shape index (κ1) is 10.3. The molecule has 88 valence electrons. The Morgan fingerprint density at radius 3 is 2.94 bits per heavy atom. The topological polar surface area (TPSA) is 55.4 Å². The summed E-state index contributed by atoms with van der Waals surface area (Å²) in [4.78, 5) is 23.3. The molecule has 0 aromatic carbocycles. The minimum absolute atomic E-state index is 0.0110. The van der Waals surface area contributed by atoms with Crippen molar-refractivity contribution >= 4 is 11.9 Å². The van der Waals surface area contributed by atoms with Crippen molar-refractivity contribution in [1.82, 2.24) is 5.32 Å². The van der Waals surface area contributed by atoms with Crippen LogP contribution in [0.2, 0.25) is 0 Å². The minimum atomic E-state index is -0.855. The van der Waals surface area contributed by atoms with E-state index < -0.39 is 5.60 Å². The maximum absolute atomic E-state index is 12.0. The van der Waals surface area contributed by atoms with Crippen LogP contribution in [0.4, 0.5) is 0 Å². The maximum atomic E-state index is 12.0. The summed E-state index contributed by atoms with van der Waals surface area (Å²) < 4.78 is 5.49. The van der Waals surface area contributed by atoms with Crippen LogP contribution in [0, 0.1) is 11.8 Å². The molecule has 0 unspecified atom stereocenters. The Hall–Kier alpha value is -1.84. The van der Waals surface area contributed by atoms with E-state index in [1.165, 1.54) is 6.92 Å². The average molecular weight is 231 g/mol. The van der Waals surface area contributed by atoms with E-state index in [4.69, 9.17) is 4.74 Å². The first-order valence-corrected chi connectivity index (χ1v) is 5.68. The van der Waals surface area contributed by atoms with Gasteiger partial charge in [0, 0.05) is 12.8 Å². The van der Waals surface area contributed by atoms with E-state index in [0.29, 0.717) is 0 Å². The number of carbonyl (C=O) groups is 2. The summed E-state index contributed by atoms with van der Waals surface area (Å²) in [5.41, 5.74) is -0.855. The number of carbonyl (C=O) groups excluding carboxylic acids is 2. The molecular formula is C13H13NO3. The van der Waals surface area contributed by atoms with Gasteiger partial charge in [0.05, 0.1) is 12.0 Å². The van der Waals surface area contributed by atoms with E-state index >= 15 is 0 Å². The third kappa shape index (κ3) is 1.30. The second kappa shape index (κ2) is 3.32. The van der Waals surface area contributed by atoms with Crippen molar-refractivity contribution in [2.45, 2.75) is 18.6 Å². The molecular weight excluding hydrogens is 218 g/mol. The van der Waals surface area contributed by atoms with Crippen LogP contribution in [0.25, 0.3) is 0 Å². The van der Waals surface area contributed by atoms with Crippen molar-refractivity contribution in [2.24, 2.45) is 11.8 Å². The number of hydrogen-bond donors (Lipinski definition) is 1. The third-order valence-corrected chi connectivity index (χ3v) is 3.58. The number of ether oxygens (including phenoxy) is 1. The molecule has 1 aliphatic heterocycles. The highest BCUT2D eigenvalue weighted by Crippen LogP contribution is 2.44. The zero-order valence-corrected chi connectivity index (χ0v) is 9.42. The Balaban J connectivity index is 2.14. The lowest BCUT2D eigenvalue weighted by atomic mass is 9.73. The van der Waals surface area contributed by atoms with Crippen molar-refractivity contribution < 1.29 is 14.3 Å². The monoisotopic (exact) mass is 231 g/mol. The van der Waals surface area contributed by atoms with E-state index in [9.17, 15) is 9.59 Å². The van der Waals surface area contributed by atoms with Crippen molar-refractivity contribution in [3.8, 4) is 0 Å². The summed E-state index contributed by atoms with van der Waals surface area (Å²) in [6, 6.07) is -0.253. The van der Waals surface area contributed by atoms with E-state index in [1.54, 1.807) is 0 Å². The van der Waals surface area contributed by atoms with E-state index in [0.717, 1.165) is 0 Å². The van der Waals surface area contributed by atoms with Crippen LogP contribution >= 0.6 is 0 Å². The van der Waals surface area contributed by atoms with E-state index in [1.807, 2.05) is 36.5 Å². The highest BCUT2D eigenvalue weighted by Gasteiger charge is 2.59. The van der Waals surface area contributed by atoms with Crippen LogP contribution in [0.15, 0.2) is 36.5 Å². The molecule has 17 heavy (non-hydrogen) atoms. The van der Waals surface area contributed by atoms with Crippen LogP contribution in [0.3, 0.4) is 0 Å². The third-order valence-electron chi connectivity index (χ3n) is 3.58. The van der Waals surface area contributed by atoms with Gasteiger partial charge in [0.1, 0.15) is 0 Å². The van der Waals surface area contributed by atoms with Gasteiger partial charge in [0.15, 0.2) is 5.60 Å². The van der Waals surface area contributed by atoms with E-state index in [2.05, 4.69) is 5.32 Å². The molecule has 0 aromatic heterocycles. The maximum Gasteiger partial charge on any atom is 0.303 e. The first-order valence-electron chi connectivity index (χ1n) is 5.68. The van der Waals surface area contributed by atoms with Gasteiger partial charge in [-0.3, -0.25) is 9.59 Å². The Morgan fingerprint density at radius 1 is 1.35 bits per heavy atom. The van der Waals surface area contributed by atoms with Gasteiger partial charge in [-0.2, -0.15) is 0 Å². The number of hydrogen-bond acceptors (Lipinski definition) is 3. The molecule has 1 N–H and O–H groups in total. The zero-order chi connectivity index (χ0) is 12.0. The molecule has 1 fully saturated rings. The molecule has 1 amide bonds. The fourth-order valence-corrected chi connectivity index (χ4v) is 2.97. The summed E-state index contributed by atoms with van der Waals surface area (Å²) in [6.07, 6.45) is 11.4. The van der Waals surface area contributed by atoms with Gasteiger partial charge in [-0.15, -0.1) is 0 Å². The fraction of sp³-hybridized carbons (Fsp3) is 0.385. The molecule has 0 saturated carbocycles. The Kier molecular flexibility index (Phi) is 2.02. The summed E-state index contributed by atoms with van der Waals surface area (Å²) in [7, 11) is 0. The molecule has 4 nitrogen and oxygen atoms in total. The molecule has 4 atom stereocenters. The number of nitrogens with one attached hydrogen (secondary N) is 1. The van der Waals surface area contributed by atoms with Crippen molar-refractivity contribution in [3.05, 3.63) is 36.5 Å². The summed E-state index contributed by atoms with van der Waals surface area (Å²) in [5, 5.41) is 2.87. The second-order valence-corrected chi connectivity index (χ2v) is 4.62. The Morgan fingerprint density at radius 2 is 2.18 bits per heavy atom. The van der Waals surface area contributed by atoms with Crippen molar-refractivity contribution in [1.29, 1.82) is 0 Å². The molecule has 1 saturated heterocycles. The lowest BCUT2D eigenvalue weighted by Gasteiger charge is -2.37. The van der Waals surface area contributed by atoms with Crippen LogP contribution < -0.4 is 5.32 Å². The molecule has 4 bridgehead atoms. The van der Waals surface area contributed by atoms with Crippen molar-refractivity contribution in [2.75, 3.05) is 0 Å². The molecule has 4 heteroatoms. The summed E-state index contributed by atoms with van der Waals surface area (Å²) >= 11 is 0. The fourth-order valence-electron chi connectivity index (χ4n) is 2.97. The largest absolute Gasteiger partial charge is 0.452 e. The number of amides is 1. The SMILES string of the molecule is CC(=O)O[C@@]12C=CC=C[C@H]3C=C[C@H]1NC(=O)[C@@H]32. The number of allylic oxidation sites excluding steroid dienone is 4. The van der Waals surface area contributed by atoms with Gasteiger partial charge in [0.25, 0.3) is 0 Å². The predicted molar refractivity (Wildman–Crippen MR) is 60.8 cm³/mol. The van der Waals surface area contributed by atoms with Crippen molar-refractivity contribution in [3.63, 3.8) is 0 Å². The predicted octanol–water partition coefficient (Wildman–Crippen LogP) is 0.715. The highest BCUT2D eigenvalue weighted by molar-refractivity contribution is 5.87. The second-order valence-electron chi connectivity index (χ2n) is 4.62. The molecule has 3 aliphatic rings. The molecule has 0 radical (unpaired) electrons. The lowest BCUT2D eigenvalue weighted by Crippen LogP contribution is -2.50. The minimum Gasteiger partial charge on any atom is -0.452 e. The molecule has 0 aromatic rings. The highest BCUT2D eigenvalue weighted by atomic mass is 16.6. The normalized spacial score (nSPS) is 41.0. The van der Waals surface area contributed by atoms with Crippen LogP contribution in [0.1, 0.15) is 6.92 Å². The zero-order valence-electron chi connectivity index (χ0n) is 9.42. The number of rotatable bonds is 1. The summed E-state index contributed by atoms with van der Waals surface area (Å²) in [5.74, 6) is -0.779. The first-order chi connectivity index (χ1) is 8.13. The van der Waals surface area contributed by atoms with Gasteiger partial charge >= 0.3 is 5.97 Å². The van der Waals surface area contributed by atoms with Crippen LogP contribution in [-0.2, 0) is 14.3 Å². The molecule has 0 spiro atoms.